The first-order valence-electron chi connectivity index (χ1n) is 5.95. The maximum atomic E-state index is 11.0. The van der Waals surface area contributed by atoms with E-state index in [-0.39, 0.29) is 5.97 Å². The van der Waals surface area contributed by atoms with Gasteiger partial charge in [0.25, 0.3) is 0 Å². The fraction of sp³-hybridized carbons (Fsp3) is 0.909. The van der Waals surface area contributed by atoms with Gasteiger partial charge in [-0.1, -0.05) is 0 Å². The molecule has 0 aliphatic heterocycles. The zero-order valence-corrected chi connectivity index (χ0v) is 10.2. The van der Waals surface area contributed by atoms with Crippen LogP contribution in [0.4, 0.5) is 0 Å². The van der Waals surface area contributed by atoms with Crippen molar-refractivity contribution < 1.29 is 14.3 Å². The molecular formula is C11H24N2O3. The Hall–Kier alpha value is -0.650. The van der Waals surface area contributed by atoms with E-state index in [0.29, 0.717) is 32.8 Å². The molecule has 0 aliphatic rings. The second kappa shape index (κ2) is 12.4. The molecule has 0 heterocycles. The molecular weight excluding hydrogens is 208 g/mol. The summed E-state index contributed by atoms with van der Waals surface area (Å²) < 4.78 is 10.0. The molecule has 5 heteroatoms. The van der Waals surface area contributed by atoms with Gasteiger partial charge in [0.1, 0.15) is 0 Å². The van der Waals surface area contributed by atoms with Crippen molar-refractivity contribution in [1.29, 1.82) is 0 Å². The predicted octanol–water partition coefficient (Wildman–Crippen LogP) is 0.285. The van der Waals surface area contributed by atoms with Gasteiger partial charge in [-0.3, -0.25) is 4.79 Å². The third-order valence-corrected chi connectivity index (χ3v) is 1.98. The summed E-state index contributed by atoms with van der Waals surface area (Å²) in [7, 11) is 0. The summed E-state index contributed by atoms with van der Waals surface area (Å²) in [4.78, 5) is 11.0. The minimum atomic E-state index is -0.103. The molecule has 0 saturated heterocycles. The third kappa shape index (κ3) is 11.4. The Labute approximate surface area is 97.7 Å². The lowest BCUT2D eigenvalue weighted by Gasteiger charge is -2.05. The van der Waals surface area contributed by atoms with Crippen LogP contribution in [-0.4, -0.2) is 45.4 Å². The number of rotatable bonds is 11. The molecule has 96 valence electrons. The van der Waals surface area contributed by atoms with E-state index in [2.05, 4.69) is 5.32 Å². The SMILES string of the molecule is CCOC(=O)CCCCNCCOCCN. The lowest BCUT2D eigenvalue weighted by atomic mass is 10.2. The minimum Gasteiger partial charge on any atom is -0.466 e. The Morgan fingerprint density at radius 2 is 2.06 bits per heavy atom. The van der Waals surface area contributed by atoms with Gasteiger partial charge >= 0.3 is 5.97 Å². The molecule has 0 saturated carbocycles. The maximum Gasteiger partial charge on any atom is 0.305 e. The fourth-order valence-corrected chi connectivity index (χ4v) is 1.21. The van der Waals surface area contributed by atoms with E-state index in [9.17, 15) is 4.79 Å². The van der Waals surface area contributed by atoms with Crippen molar-refractivity contribution in [2.24, 2.45) is 5.73 Å². The quantitative estimate of drug-likeness (QED) is 0.395. The second-order valence-corrected chi connectivity index (χ2v) is 3.41. The first-order valence-corrected chi connectivity index (χ1v) is 5.95. The topological polar surface area (TPSA) is 73.6 Å². The highest BCUT2D eigenvalue weighted by Crippen LogP contribution is 1.96. The molecule has 0 aliphatic carbocycles. The van der Waals surface area contributed by atoms with E-state index in [0.717, 1.165) is 25.9 Å². The van der Waals surface area contributed by atoms with Gasteiger partial charge in [-0.15, -0.1) is 0 Å². The van der Waals surface area contributed by atoms with Crippen LogP contribution in [0, 0.1) is 0 Å². The summed E-state index contributed by atoms with van der Waals surface area (Å²) in [6.07, 6.45) is 2.37. The average molecular weight is 232 g/mol. The molecule has 3 N–H and O–H groups in total. The molecule has 0 radical (unpaired) electrons. The summed E-state index contributed by atoms with van der Waals surface area (Å²) in [5.74, 6) is -0.103. The number of nitrogens with one attached hydrogen (secondary N) is 1. The zero-order chi connectivity index (χ0) is 12.1. The van der Waals surface area contributed by atoms with Crippen LogP contribution in [-0.2, 0) is 14.3 Å². The van der Waals surface area contributed by atoms with Crippen molar-refractivity contribution in [3.05, 3.63) is 0 Å². The van der Waals surface area contributed by atoms with E-state index < -0.39 is 0 Å². The lowest BCUT2D eigenvalue weighted by Crippen LogP contribution is -2.22. The van der Waals surface area contributed by atoms with Gasteiger partial charge < -0.3 is 20.5 Å². The van der Waals surface area contributed by atoms with E-state index in [1.807, 2.05) is 6.92 Å². The van der Waals surface area contributed by atoms with Crippen LogP contribution in [0.15, 0.2) is 0 Å². The molecule has 0 aromatic rings. The first-order chi connectivity index (χ1) is 7.81. The van der Waals surface area contributed by atoms with E-state index in [4.69, 9.17) is 15.2 Å². The number of carbonyl (C=O) groups excluding carboxylic acids is 1. The Bertz CT molecular complexity index is 165. The number of carbonyl (C=O) groups is 1. The smallest absolute Gasteiger partial charge is 0.305 e. The lowest BCUT2D eigenvalue weighted by molar-refractivity contribution is -0.143. The van der Waals surface area contributed by atoms with Crippen molar-refractivity contribution in [3.63, 3.8) is 0 Å². The predicted molar refractivity (Wildman–Crippen MR) is 63.2 cm³/mol. The van der Waals surface area contributed by atoms with Gasteiger partial charge in [-0.05, 0) is 26.3 Å². The molecule has 0 aromatic carbocycles. The van der Waals surface area contributed by atoms with Crippen LogP contribution in [0.25, 0.3) is 0 Å². The fourth-order valence-electron chi connectivity index (χ4n) is 1.21. The zero-order valence-electron chi connectivity index (χ0n) is 10.2. The van der Waals surface area contributed by atoms with Crippen molar-refractivity contribution in [2.45, 2.75) is 26.2 Å². The van der Waals surface area contributed by atoms with Gasteiger partial charge in [0, 0.05) is 19.5 Å². The summed E-state index contributed by atoms with van der Waals surface area (Å²) in [6, 6.07) is 0. The van der Waals surface area contributed by atoms with Gasteiger partial charge in [0.05, 0.1) is 19.8 Å². The third-order valence-electron chi connectivity index (χ3n) is 1.98. The molecule has 0 rings (SSSR count). The number of hydrogen-bond donors (Lipinski definition) is 2. The number of unbranched alkanes of at least 4 members (excludes halogenated alkanes) is 1. The Balaban J connectivity index is 3.01. The van der Waals surface area contributed by atoms with E-state index in [1.165, 1.54) is 0 Å². The highest BCUT2D eigenvalue weighted by Gasteiger charge is 1.99. The van der Waals surface area contributed by atoms with Crippen LogP contribution in [0.3, 0.4) is 0 Å². The van der Waals surface area contributed by atoms with E-state index in [1.54, 1.807) is 0 Å². The highest BCUT2D eigenvalue weighted by molar-refractivity contribution is 5.69. The molecule has 16 heavy (non-hydrogen) atoms. The van der Waals surface area contributed by atoms with Crippen molar-refractivity contribution in [2.75, 3.05) is 39.5 Å². The molecule has 0 unspecified atom stereocenters. The largest absolute Gasteiger partial charge is 0.466 e. The molecule has 0 fully saturated rings. The standard InChI is InChI=1S/C11H24N2O3/c1-2-16-11(14)5-3-4-7-13-8-10-15-9-6-12/h13H,2-10,12H2,1H3. The highest BCUT2D eigenvalue weighted by atomic mass is 16.5. The summed E-state index contributed by atoms with van der Waals surface area (Å²) >= 11 is 0. The van der Waals surface area contributed by atoms with Gasteiger partial charge in [0.15, 0.2) is 0 Å². The van der Waals surface area contributed by atoms with Crippen LogP contribution in [0.2, 0.25) is 0 Å². The van der Waals surface area contributed by atoms with Crippen LogP contribution < -0.4 is 11.1 Å². The average Bonchev–Trinajstić information content (AvgIpc) is 2.27. The maximum absolute atomic E-state index is 11.0. The van der Waals surface area contributed by atoms with Crippen molar-refractivity contribution in [1.82, 2.24) is 5.32 Å². The second-order valence-electron chi connectivity index (χ2n) is 3.41. The molecule has 0 amide bonds. The van der Waals surface area contributed by atoms with Crippen molar-refractivity contribution >= 4 is 5.97 Å². The Morgan fingerprint density at radius 1 is 1.25 bits per heavy atom. The monoisotopic (exact) mass is 232 g/mol. The molecule has 0 bridgehead atoms. The van der Waals surface area contributed by atoms with Gasteiger partial charge in [-0.2, -0.15) is 0 Å². The Kier molecular flexibility index (Phi) is 11.9. The number of esters is 1. The van der Waals surface area contributed by atoms with Gasteiger partial charge in [0.2, 0.25) is 0 Å². The normalized spacial score (nSPS) is 10.4. The molecule has 0 spiro atoms. The van der Waals surface area contributed by atoms with Gasteiger partial charge in [-0.25, -0.2) is 0 Å². The summed E-state index contributed by atoms with van der Waals surface area (Å²) in [5, 5.41) is 3.23. The van der Waals surface area contributed by atoms with Crippen LogP contribution >= 0.6 is 0 Å². The molecule has 0 atom stereocenters. The van der Waals surface area contributed by atoms with Crippen LogP contribution in [0.5, 0.6) is 0 Å². The van der Waals surface area contributed by atoms with E-state index >= 15 is 0 Å². The molecule has 0 aromatic heterocycles. The van der Waals surface area contributed by atoms with Crippen LogP contribution in [0.1, 0.15) is 26.2 Å². The summed E-state index contributed by atoms with van der Waals surface area (Å²) in [6.45, 7) is 5.90. The molecule has 5 nitrogen and oxygen atoms in total. The number of hydrogen-bond acceptors (Lipinski definition) is 5. The van der Waals surface area contributed by atoms with Crippen molar-refractivity contribution in [3.8, 4) is 0 Å². The summed E-state index contributed by atoms with van der Waals surface area (Å²) in [5.41, 5.74) is 5.27. The first kappa shape index (κ1) is 15.3. The minimum absolute atomic E-state index is 0.103. The Morgan fingerprint density at radius 3 is 2.75 bits per heavy atom. The number of ether oxygens (including phenoxy) is 2. The number of nitrogens with two attached hydrogens (primary N) is 1.